The summed E-state index contributed by atoms with van der Waals surface area (Å²) in [5.41, 5.74) is 0.697. The number of rotatable bonds is 4. The van der Waals surface area contributed by atoms with Crippen LogP contribution in [0.1, 0.15) is 12.8 Å². The summed E-state index contributed by atoms with van der Waals surface area (Å²) in [5, 5.41) is 2.79. The second kappa shape index (κ2) is 6.58. The lowest BCUT2D eigenvalue weighted by Crippen LogP contribution is -2.38. The molecule has 5 nitrogen and oxygen atoms in total. The topological polar surface area (TPSA) is 66.5 Å². The smallest absolute Gasteiger partial charge is 0.244 e. The van der Waals surface area contributed by atoms with Gasteiger partial charge < -0.3 is 5.32 Å². The van der Waals surface area contributed by atoms with Gasteiger partial charge in [-0.2, -0.15) is 0 Å². The lowest BCUT2D eigenvalue weighted by Gasteiger charge is -2.15. The van der Waals surface area contributed by atoms with E-state index in [2.05, 4.69) is 5.32 Å². The number of fused-ring (bicyclic) bond motifs is 1. The number of anilines is 1. The van der Waals surface area contributed by atoms with Gasteiger partial charge in [-0.25, -0.2) is 0 Å². The van der Waals surface area contributed by atoms with Crippen molar-refractivity contribution < 1.29 is 14.4 Å². The van der Waals surface area contributed by atoms with Gasteiger partial charge in [0.1, 0.15) is 6.54 Å². The number of carbonyl (C=O) groups is 3. The molecule has 2 aliphatic rings. The molecule has 1 N–H and O–H groups in total. The Balaban J connectivity index is 1.68. The maximum absolute atomic E-state index is 12.3. The Labute approximate surface area is 139 Å². The third-order valence-corrected chi connectivity index (χ3v) is 5.08. The predicted octanol–water partition coefficient (Wildman–Crippen LogP) is 2.30. The van der Waals surface area contributed by atoms with E-state index >= 15 is 0 Å². The normalized spacial score (nSPS) is 23.1. The van der Waals surface area contributed by atoms with Crippen LogP contribution in [0.15, 0.2) is 41.3 Å². The van der Waals surface area contributed by atoms with Crippen molar-refractivity contribution in [2.75, 3.05) is 18.1 Å². The van der Waals surface area contributed by atoms with Crippen LogP contribution in [0.4, 0.5) is 5.69 Å². The van der Waals surface area contributed by atoms with Crippen molar-refractivity contribution in [2.24, 2.45) is 11.8 Å². The van der Waals surface area contributed by atoms with Crippen molar-refractivity contribution in [1.29, 1.82) is 0 Å². The SMILES string of the molecule is CSc1ccccc1NC(=O)CN1C(=O)[C@H]2CC=CC[C@H]2C1=O. The number of allylic oxidation sites excluding steroid dienone is 2. The molecule has 0 bridgehead atoms. The minimum absolute atomic E-state index is 0.215. The molecule has 1 aromatic rings. The average Bonchev–Trinajstić information content (AvgIpc) is 2.81. The zero-order valence-corrected chi connectivity index (χ0v) is 13.6. The predicted molar refractivity (Wildman–Crippen MR) is 88.9 cm³/mol. The first-order valence-corrected chi connectivity index (χ1v) is 8.77. The van der Waals surface area contributed by atoms with Gasteiger partial charge in [-0.3, -0.25) is 19.3 Å². The van der Waals surface area contributed by atoms with Crippen LogP contribution in [-0.2, 0) is 14.4 Å². The number of carbonyl (C=O) groups excluding carboxylic acids is 3. The van der Waals surface area contributed by atoms with E-state index in [1.165, 1.54) is 11.8 Å². The number of likely N-dealkylation sites (tertiary alicyclic amines) is 1. The van der Waals surface area contributed by atoms with Crippen LogP contribution in [0.25, 0.3) is 0 Å². The van der Waals surface area contributed by atoms with Crippen LogP contribution < -0.4 is 5.32 Å². The van der Waals surface area contributed by atoms with Gasteiger partial charge in [0, 0.05) is 4.90 Å². The molecule has 120 valence electrons. The standard InChI is InChI=1S/C17H18N2O3S/c1-23-14-9-5-4-8-13(14)18-15(20)10-19-16(21)11-6-2-3-7-12(11)17(19)22/h2-5,8-9,11-12H,6-7,10H2,1H3,(H,18,20)/t11-,12+. The first kappa shape index (κ1) is 15.8. The highest BCUT2D eigenvalue weighted by atomic mass is 32.2. The van der Waals surface area contributed by atoms with Crippen LogP contribution in [-0.4, -0.2) is 35.4 Å². The highest BCUT2D eigenvalue weighted by molar-refractivity contribution is 7.98. The van der Waals surface area contributed by atoms with Gasteiger partial charge in [-0.1, -0.05) is 24.3 Å². The van der Waals surface area contributed by atoms with E-state index in [-0.39, 0.29) is 36.1 Å². The Morgan fingerprint density at radius 2 is 1.78 bits per heavy atom. The summed E-state index contributed by atoms with van der Waals surface area (Å²) in [4.78, 5) is 39.0. The van der Waals surface area contributed by atoms with Gasteiger partial charge >= 0.3 is 0 Å². The van der Waals surface area contributed by atoms with Gasteiger partial charge in [0.25, 0.3) is 0 Å². The molecule has 0 radical (unpaired) electrons. The molecule has 1 fully saturated rings. The molecule has 2 atom stereocenters. The van der Waals surface area contributed by atoms with Crippen molar-refractivity contribution in [1.82, 2.24) is 4.90 Å². The fraction of sp³-hybridized carbons (Fsp3) is 0.353. The van der Waals surface area contributed by atoms with Crippen LogP contribution >= 0.6 is 11.8 Å². The molecule has 23 heavy (non-hydrogen) atoms. The molecule has 1 aliphatic carbocycles. The summed E-state index contributed by atoms with van der Waals surface area (Å²) in [6, 6.07) is 7.45. The summed E-state index contributed by atoms with van der Waals surface area (Å²) in [5.74, 6) is -1.38. The Morgan fingerprint density at radius 1 is 1.17 bits per heavy atom. The van der Waals surface area contributed by atoms with Crippen molar-refractivity contribution in [3.63, 3.8) is 0 Å². The van der Waals surface area contributed by atoms with E-state index in [9.17, 15) is 14.4 Å². The molecule has 0 spiro atoms. The van der Waals surface area contributed by atoms with Crippen molar-refractivity contribution in [3.05, 3.63) is 36.4 Å². The van der Waals surface area contributed by atoms with Crippen LogP contribution in [0, 0.1) is 11.8 Å². The summed E-state index contributed by atoms with van der Waals surface area (Å²) < 4.78 is 0. The zero-order valence-electron chi connectivity index (χ0n) is 12.8. The van der Waals surface area contributed by atoms with E-state index < -0.39 is 0 Å². The molecule has 1 aromatic carbocycles. The number of amides is 3. The fourth-order valence-corrected chi connectivity index (χ4v) is 3.66. The number of hydrogen-bond acceptors (Lipinski definition) is 4. The number of imide groups is 1. The maximum atomic E-state index is 12.3. The van der Waals surface area contributed by atoms with Gasteiger partial charge in [0.15, 0.2) is 0 Å². The number of hydrogen-bond donors (Lipinski definition) is 1. The number of nitrogens with one attached hydrogen (secondary N) is 1. The Bertz CT molecular complexity index is 660. The van der Waals surface area contributed by atoms with Crippen LogP contribution in [0.5, 0.6) is 0 Å². The minimum Gasteiger partial charge on any atom is -0.324 e. The van der Waals surface area contributed by atoms with Gasteiger partial charge in [0.2, 0.25) is 17.7 Å². The summed E-state index contributed by atoms with van der Waals surface area (Å²) in [7, 11) is 0. The largest absolute Gasteiger partial charge is 0.324 e. The van der Waals surface area contributed by atoms with Crippen LogP contribution in [0.3, 0.4) is 0 Å². The van der Waals surface area contributed by atoms with Gasteiger partial charge in [-0.15, -0.1) is 11.8 Å². The lowest BCUT2D eigenvalue weighted by molar-refractivity contribution is -0.142. The number of para-hydroxylation sites is 1. The number of thioether (sulfide) groups is 1. The Kier molecular flexibility index (Phi) is 4.52. The average molecular weight is 330 g/mol. The summed E-state index contributed by atoms with van der Waals surface area (Å²) in [6.07, 6.45) is 6.97. The maximum Gasteiger partial charge on any atom is 0.244 e. The highest BCUT2D eigenvalue weighted by Gasteiger charge is 2.47. The number of nitrogens with zero attached hydrogens (tertiary/aromatic N) is 1. The van der Waals surface area contributed by atoms with E-state index in [0.29, 0.717) is 18.5 Å². The molecule has 1 heterocycles. The molecular formula is C17H18N2O3S. The van der Waals surface area contributed by atoms with Crippen molar-refractivity contribution >= 4 is 35.2 Å². The Hall–Kier alpha value is -2.08. The quantitative estimate of drug-likeness (QED) is 0.523. The summed E-state index contributed by atoms with van der Waals surface area (Å²) in [6.45, 7) is -0.215. The Morgan fingerprint density at radius 3 is 2.39 bits per heavy atom. The third-order valence-electron chi connectivity index (χ3n) is 4.28. The van der Waals surface area contributed by atoms with Crippen molar-refractivity contribution in [3.8, 4) is 0 Å². The monoisotopic (exact) mass is 330 g/mol. The minimum atomic E-state index is -0.347. The second-order valence-corrected chi connectivity index (χ2v) is 6.51. The molecule has 0 saturated carbocycles. The molecule has 3 rings (SSSR count). The lowest BCUT2D eigenvalue weighted by atomic mass is 9.85. The van der Waals surface area contributed by atoms with E-state index in [1.54, 1.807) is 6.07 Å². The molecule has 1 aliphatic heterocycles. The van der Waals surface area contributed by atoms with E-state index in [1.807, 2.05) is 36.6 Å². The van der Waals surface area contributed by atoms with Gasteiger partial charge in [-0.05, 0) is 31.2 Å². The molecule has 0 aromatic heterocycles. The fourth-order valence-electron chi connectivity index (χ4n) is 3.11. The molecular weight excluding hydrogens is 312 g/mol. The van der Waals surface area contributed by atoms with E-state index in [4.69, 9.17) is 0 Å². The van der Waals surface area contributed by atoms with Crippen LogP contribution in [0.2, 0.25) is 0 Å². The second-order valence-electron chi connectivity index (χ2n) is 5.67. The molecule has 0 unspecified atom stereocenters. The summed E-state index contributed by atoms with van der Waals surface area (Å²) >= 11 is 1.53. The van der Waals surface area contributed by atoms with E-state index in [0.717, 1.165) is 9.80 Å². The highest BCUT2D eigenvalue weighted by Crippen LogP contribution is 2.35. The van der Waals surface area contributed by atoms with Crippen molar-refractivity contribution in [2.45, 2.75) is 17.7 Å². The van der Waals surface area contributed by atoms with Gasteiger partial charge in [0.05, 0.1) is 17.5 Å². The zero-order chi connectivity index (χ0) is 16.4. The number of benzene rings is 1. The molecule has 1 saturated heterocycles. The molecule has 3 amide bonds. The molecule has 6 heteroatoms. The first-order valence-electron chi connectivity index (χ1n) is 7.55. The third kappa shape index (κ3) is 3.03. The first-order chi connectivity index (χ1) is 11.1.